The molecule has 0 fully saturated rings. The van der Waals surface area contributed by atoms with E-state index in [2.05, 4.69) is 5.32 Å². The van der Waals surface area contributed by atoms with Crippen molar-refractivity contribution in [2.24, 2.45) is 0 Å². The van der Waals surface area contributed by atoms with E-state index in [1.165, 1.54) is 0 Å². The average Bonchev–Trinajstić information content (AvgIpc) is 2.65. The zero-order valence-electron chi connectivity index (χ0n) is 15.5. The van der Waals surface area contributed by atoms with Crippen LogP contribution in [0.1, 0.15) is 30.4 Å². The Kier molecular flexibility index (Phi) is 5.91. The maximum absolute atomic E-state index is 12.7. The number of nitrogens with one attached hydrogen (secondary N) is 1. The molecule has 0 radical (unpaired) electrons. The van der Waals surface area contributed by atoms with E-state index in [1.54, 1.807) is 6.92 Å². The molecule has 0 saturated carbocycles. The normalized spacial score (nSPS) is 16.7. The largest absolute Gasteiger partial charge is 0.490 e. The zero-order valence-corrected chi connectivity index (χ0v) is 15.5. The SMILES string of the molecule is CC1=C(C(=O)OCCOc2ccccc2)[C@H](c2ccccc2C)CC(=O)N1. The molecule has 1 amide bonds. The van der Waals surface area contributed by atoms with E-state index < -0.39 is 5.97 Å². The van der Waals surface area contributed by atoms with Gasteiger partial charge in [0.2, 0.25) is 5.91 Å². The summed E-state index contributed by atoms with van der Waals surface area (Å²) < 4.78 is 11.0. The molecule has 1 aliphatic rings. The van der Waals surface area contributed by atoms with E-state index >= 15 is 0 Å². The third kappa shape index (κ3) is 4.56. The van der Waals surface area contributed by atoms with Crippen LogP contribution in [0.3, 0.4) is 0 Å². The number of ether oxygens (including phenoxy) is 2. The van der Waals surface area contributed by atoms with Gasteiger partial charge < -0.3 is 14.8 Å². The predicted octanol–water partition coefficient (Wildman–Crippen LogP) is 3.49. The van der Waals surface area contributed by atoms with Crippen molar-refractivity contribution >= 4 is 11.9 Å². The Labute approximate surface area is 159 Å². The Morgan fingerprint density at radius 1 is 1.04 bits per heavy atom. The lowest BCUT2D eigenvalue weighted by Gasteiger charge is -2.27. The van der Waals surface area contributed by atoms with Gasteiger partial charge in [0.1, 0.15) is 19.0 Å². The highest BCUT2D eigenvalue weighted by Gasteiger charge is 2.33. The van der Waals surface area contributed by atoms with Crippen molar-refractivity contribution in [3.63, 3.8) is 0 Å². The first-order valence-corrected chi connectivity index (χ1v) is 8.97. The van der Waals surface area contributed by atoms with Crippen LogP contribution in [-0.2, 0) is 14.3 Å². The molecule has 0 spiro atoms. The third-order valence-electron chi connectivity index (χ3n) is 4.58. The molecule has 5 nitrogen and oxygen atoms in total. The van der Waals surface area contributed by atoms with Gasteiger partial charge >= 0.3 is 5.97 Å². The molecule has 1 aliphatic heterocycles. The van der Waals surface area contributed by atoms with Gasteiger partial charge in [0.15, 0.2) is 0 Å². The standard InChI is InChI=1S/C22H23NO4/c1-15-8-6-7-11-18(15)19-14-20(24)23-16(2)21(19)22(25)27-13-12-26-17-9-4-3-5-10-17/h3-11,19H,12-14H2,1-2H3,(H,23,24)/t19-/m0/s1. The number of rotatable bonds is 6. The minimum Gasteiger partial charge on any atom is -0.490 e. The molecule has 2 aromatic rings. The summed E-state index contributed by atoms with van der Waals surface area (Å²) in [4.78, 5) is 24.8. The van der Waals surface area contributed by atoms with Gasteiger partial charge in [-0.05, 0) is 37.1 Å². The maximum atomic E-state index is 12.7. The Hall–Kier alpha value is -3.08. The molecule has 0 saturated heterocycles. The summed E-state index contributed by atoms with van der Waals surface area (Å²) in [6, 6.07) is 17.2. The second-order valence-corrected chi connectivity index (χ2v) is 6.50. The van der Waals surface area contributed by atoms with Crippen LogP contribution in [0.15, 0.2) is 65.9 Å². The average molecular weight is 365 g/mol. The predicted molar refractivity (Wildman–Crippen MR) is 102 cm³/mol. The summed E-state index contributed by atoms with van der Waals surface area (Å²) in [5.41, 5.74) is 3.07. The maximum Gasteiger partial charge on any atom is 0.336 e. The van der Waals surface area contributed by atoms with E-state index in [9.17, 15) is 9.59 Å². The van der Waals surface area contributed by atoms with Gasteiger partial charge in [-0.2, -0.15) is 0 Å². The molecule has 0 aromatic heterocycles. The monoisotopic (exact) mass is 365 g/mol. The molecule has 27 heavy (non-hydrogen) atoms. The topological polar surface area (TPSA) is 64.6 Å². The Morgan fingerprint density at radius 3 is 2.48 bits per heavy atom. The molecule has 1 heterocycles. The van der Waals surface area contributed by atoms with Crippen LogP contribution in [0.4, 0.5) is 0 Å². The van der Waals surface area contributed by atoms with Gasteiger partial charge in [-0.25, -0.2) is 4.79 Å². The highest BCUT2D eigenvalue weighted by atomic mass is 16.6. The summed E-state index contributed by atoms with van der Waals surface area (Å²) in [7, 11) is 0. The van der Waals surface area contributed by atoms with E-state index in [0.29, 0.717) is 11.3 Å². The van der Waals surface area contributed by atoms with Gasteiger partial charge in [0.05, 0.1) is 5.57 Å². The van der Waals surface area contributed by atoms with Gasteiger partial charge in [0, 0.05) is 18.0 Å². The van der Waals surface area contributed by atoms with E-state index in [1.807, 2.05) is 61.5 Å². The molecule has 5 heteroatoms. The molecular weight excluding hydrogens is 342 g/mol. The van der Waals surface area contributed by atoms with Gasteiger partial charge in [-0.15, -0.1) is 0 Å². The minimum atomic E-state index is -0.419. The lowest BCUT2D eigenvalue weighted by Crippen LogP contribution is -2.34. The Bertz CT molecular complexity index is 858. The number of esters is 1. The number of hydrogen-bond acceptors (Lipinski definition) is 4. The highest BCUT2D eigenvalue weighted by molar-refractivity contribution is 5.95. The van der Waals surface area contributed by atoms with Crippen molar-refractivity contribution in [2.75, 3.05) is 13.2 Å². The van der Waals surface area contributed by atoms with E-state index in [0.717, 1.165) is 16.9 Å². The molecule has 2 aromatic carbocycles. The summed E-state index contributed by atoms with van der Waals surface area (Å²) in [5, 5.41) is 2.75. The molecule has 0 bridgehead atoms. The summed E-state index contributed by atoms with van der Waals surface area (Å²) >= 11 is 0. The lowest BCUT2D eigenvalue weighted by atomic mass is 9.82. The van der Waals surface area contributed by atoms with Crippen molar-refractivity contribution in [2.45, 2.75) is 26.2 Å². The van der Waals surface area contributed by atoms with Crippen LogP contribution in [0, 0.1) is 6.92 Å². The van der Waals surface area contributed by atoms with Crippen LogP contribution >= 0.6 is 0 Å². The minimum absolute atomic E-state index is 0.0929. The smallest absolute Gasteiger partial charge is 0.336 e. The second-order valence-electron chi connectivity index (χ2n) is 6.50. The first kappa shape index (κ1) is 18.7. The van der Waals surface area contributed by atoms with Crippen molar-refractivity contribution in [1.29, 1.82) is 0 Å². The van der Waals surface area contributed by atoms with Crippen molar-refractivity contribution in [3.05, 3.63) is 77.0 Å². The molecular formula is C22H23NO4. The molecule has 0 aliphatic carbocycles. The van der Waals surface area contributed by atoms with Crippen molar-refractivity contribution in [1.82, 2.24) is 5.32 Å². The number of carbonyl (C=O) groups is 2. The van der Waals surface area contributed by atoms with Crippen LogP contribution in [0.25, 0.3) is 0 Å². The molecule has 3 rings (SSSR count). The molecule has 1 N–H and O–H groups in total. The van der Waals surface area contributed by atoms with Gasteiger partial charge in [-0.3, -0.25) is 4.79 Å². The number of allylic oxidation sites excluding steroid dienone is 1. The number of benzene rings is 2. The first-order chi connectivity index (χ1) is 13.1. The van der Waals surface area contributed by atoms with Crippen LogP contribution in [0.5, 0.6) is 5.75 Å². The zero-order chi connectivity index (χ0) is 19.2. The Balaban J connectivity index is 1.69. The van der Waals surface area contributed by atoms with Crippen LogP contribution < -0.4 is 10.1 Å². The molecule has 140 valence electrons. The summed E-state index contributed by atoms with van der Waals surface area (Å²) in [5.74, 6) is -0.0868. The summed E-state index contributed by atoms with van der Waals surface area (Å²) in [6.07, 6.45) is 0.229. The van der Waals surface area contributed by atoms with Crippen LogP contribution in [0.2, 0.25) is 0 Å². The number of hydrogen-bond donors (Lipinski definition) is 1. The number of aryl methyl sites for hydroxylation is 1. The van der Waals surface area contributed by atoms with Crippen LogP contribution in [-0.4, -0.2) is 25.1 Å². The van der Waals surface area contributed by atoms with Crippen molar-refractivity contribution < 1.29 is 19.1 Å². The lowest BCUT2D eigenvalue weighted by molar-refractivity contribution is -0.140. The summed E-state index contributed by atoms with van der Waals surface area (Å²) in [6.45, 7) is 4.12. The van der Waals surface area contributed by atoms with E-state index in [4.69, 9.17) is 9.47 Å². The number of carbonyl (C=O) groups excluding carboxylic acids is 2. The second kappa shape index (κ2) is 8.54. The van der Waals surface area contributed by atoms with E-state index in [-0.39, 0.29) is 31.5 Å². The fraction of sp³-hybridized carbons (Fsp3) is 0.273. The fourth-order valence-electron chi connectivity index (χ4n) is 3.30. The van der Waals surface area contributed by atoms with Crippen molar-refractivity contribution in [3.8, 4) is 5.75 Å². The highest BCUT2D eigenvalue weighted by Crippen LogP contribution is 2.35. The Morgan fingerprint density at radius 2 is 1.74 bits per heavy atom. The number of para-hydroxylation sites is 1. The van der Waals surface area contributed by atoms with Gasteiger partial charge in [-0.1, -0.05) is 42.5 Å². The van der Waals surface area contributed by atoms with Gasteiger partial charge in [0.25, 0.3) is 0 Å². The molecule has 1 atom stereocenters. The quantitative estimate of drug-likeness (QED) is 0.629. The third-order valence-corrected chi connectivity index (χ3v) is 4.58. The molecule has 0 unspecified atom stereocenters. The first-order valence-electron chi connectivity index (χ1n) is 8.97. The fourth-order valence-corrected chi connectivity index (χ4v) is 3.30. The number of amides is 1.